The van der Waals surface area contributed by atoms with E-state index in [1.807, 2.05) is 13.0 Å². The van der Waals surface area contributed by atoms with Crippen LogP contribution >= 0.6 is 11.6 Å². The molecule has 0 bridgehead atoms. The van der Waals surface area contributed by atoms with E-state index in [4.69, 9.17) is 16.3 Å². The molecule has 0 aliphatic rings. The average molecular weight is 229 g/mol. The van der Waals surface area contributed by atoms with Gasteiger partial charge in [-0.15, -0.1) is 0 Å². The second-order valence-corrected chi connectivity index (χ2v) is 4.02. The lowest BCUT2D eigenvalue weighted by Crippen LogP contribution is -2.05. The summed E-state index contributed by atoms with van der Waals surface area (Å²) in [6.45, 7) is 7.51. The van der Waals surface area contributed by atoms with Crippen LogP contribution in [-0.2, 0) is 11.2 Å². The Balaban J connectivity index is 2.71. The van der Waals surface area contributed by atoms with Gasteiger partial charge < -0.3 is 4.74 Å². The molecule has 84 valence electrons. The highest BCUT2D eigenvalue weighted by Gasteiger charge is 2.06. The Bertz CT molecular complexity index is 315. The van der Waals surface area contributed by atoms with Crippen LogP contribution < -0.4 is 0 Å². The molecular weight excluding hydrogens is 212 g/mol. The Morgan fingerprint density at radius 3 is 2.73 bits per heavy atom. The van der Waals surface area contributed by atoms with Crippen molar-refractivity contribution in [1.82, 2.24) is 9.97 Å². The number of hydrogen-bond acceptors (Lipinski definition) is 3. The van der Waals surface area contributed by atoms with Gasteiger partial charge in [0.2, 0.25) is 0 Å². The van der Waals surface area contributed by atoms with Crippen LogP contribution in [0.1, 0.15) is 38.2 Å². The van der Waals surface area contributed by atoms with E-state index >= 15 is 0 Å². The number of ether oxygens (including phenoxy) is 1. The summed E-state index contributed by atoms with van der Waals surface area (Å²) in [6, 6.07) is 1.82. The summed E-state index contributed by atoms with van der Waals surface area (Å²) >= 11 is 5.91. The first-order valence-electron chi connectivity index (χ1n) is 5.24. The summed E-state index contributed by atoms with van der Waals surface area (Å²) < 4.78 is 5.25. The fraction of sp³-hybridized carbons (Fsp3) is 0.636. The molecule has 0 aromatic carbocycles. The van der Waals surface area contributed by atoms with Crippen molar-refractivity contribution in [3.63, 3.8) is 0 Å². The summed E-state index contributed by atoms with van der Waals surface area (Å²) in [7, 11) is 0. The molecule has 1 heterocycles. The average Bonchev–Trinajstić information content (AvgIpc) is 2.17. The fourth-order valence-electron chi connectivity index (χ4n) is 1.20. The summed E-state index contributed by atoms with van der Waals surface area (Å²) in [5, 5.41) is 0.514. The van der Waals surface area contributed by atoms with Gasteiger partial charge in [0.05, 0.1) is 6.61 Å². The summed E-state index contributed by atoms with van der Waals surface area (Å²) in [4.78, 5) is 8.59. The molecule has 0 spiro atoms. The first-order chi connectivity index (χ1) is 7.13. The molecular formula is C11H17ClN2O. The lowest BCUT2D eigenvalue weighted by atomic mass is 10.1. The van der Waals surface area contributed by atoms with Crippen molar-refractivity contribution in [2.24, 2.45) is 0 Å². The van der Waals surface area contributed by atoms with Crippen LogP contribution in [0, 0.1) is 0 Å². The van der Waals surface area contributed by atoms with Crippen molar-refractivity contribution < 1.29 is 4.74 Å². The Morgan fingerprint density at radius 2 is 2.13 bits per heavy atom. The topological polar surface area (TPSA) is 35.0 Å². The smallest absolute Gasteiger partial charge is 0.133 e. The second kappa shape index (κ2) is 6.03. The molecule has 0 N–H and O–H groups in total. The van der Waals surface area contributed by atoms with Gasteiger partial charge in [-0.3, -0.25) is 0 Å². The maximum atomic E-state index is 5.91. The third-order valence-electron chi connectivity index (χ3n) is 2.03. The molecule has 0 saturated heterocycles. The van der Waals surface area contributed by atoms with Crippen LogP contribution in [0.4, 0.5) is 0 Å². The van der Waals surface area contributed by atoms with Crippen LogP contribution in [0.15, 0.2) is 6.07 Å². The van der Waals surface area contributed by atoms with Crippen LogP contribution in [0.5, 0.6) is 0 Å². The lowest BCUT2D eigenvalue weighted by molar-refractivity contribution is 0.149. The van der Waals surface area contributed by atoms with E-state index < -0.39 is 0 Å². The third-order valence-corrected chi connectivity index (χ3v) is 2.22. The van der Waals surface area contributed by atoms with E-state index in [0.717, 1.165) is 18.1 Å². The zero-order valence-corrected chi connectivity index (χ0v) is 10.2. The van der Waals surface area contributed by atoms with Crippen LogP contribution in [-0.4, -0.2) is 23.2 Å². The van der Waals surface area contributed by atoms with Crippen molar-refractivity contribution >= 4 is 11.6 Å². The molecule has 4 heteroatoms. The fourth-order valence-corrected chi connectivity index (χ4v) is 1.41. The first kappa shape index (κ1) is 12.4. The molecule has 15 heavy (non-hydrogen) atoms. The van der Waals surface area contributed by atoms with Gasteiger partial charge in [-0.2, -0.15) is 0 Å². The van der Waals surface area contributed by atoms with Gasteiger partial charge in [0.15, 0.2) is 0 Å². The van der Waals surface area contributed by atoms with Gasteiger partial charge in [0.1, 0.15) is 11.0 Å². The minimum Gasteiger partial charge on any atom is -0.381 e. The summed E-state index contributed by atoms with van der Waals surface area (Å²) in [5.41, 5.74) is 0.987. The molecule has 1 aromatic rings. The molecule has 1 rings (SSSR count). The van der Waals surface area contributed by atoms with E-state index in [9.17, 15) is 0 Å². The molecule has 0 atom stereocenters. The highest BCUT2D eigenvalue weighted by Crippen LogP contribution is 2.15. The standard InChI is InChI=1S/C11H17ClN2O/c1-4-15-6-5-11-13-9(8(2)3)7-10(12)14-11/h7-8H,4-6H2,1-3H3. The van der Waals surface area contributed by atoms with Crippen LogP contribution in [0.3, 0.4) is 0 Å². The maximum absolute atomic E-state index is 5.91. The number of nitrogens with zero attached hydrogens (tertiary/aromatic N) is 2. The van der Waals surface area contributed by atoms with Gasteiger partial charge in [-0.1, -0.05) is 25.4 Å². The highest BCUT2D eigenvalue weighted by atomic mass is 35.5. The molecule has 0 amide bonds. The molecule has 0 aliphatic carbocycles. The lowest BCUT2D eigenvalue weighted by Gasteiger charge is -2.07. The van der Waals surface area contributed by atoms with Crippen molar-refractivity contribution in [2.75, 3.05) is 13.2 Å². The number of rotatable bonds is 5. The summed E-state index contributed by atoms with van der Waals surface area (Å²) in [6.07, 6.45) is 0.716. The van der Waals surface area contributed by atoms with Gasteiger partial charge in [0.25, 0.3) is 0 Å². The van der Waals surface area contributed by atoms with Crippen molar-refractivity contribution in [1.29, 1.82) is 0 Å². The molecule has 0 radical (unpaired) electrons. The predicted molar refractivity (Wildman–Crippen MR) is 61.3 cm³/mol. The van der Waals surface area contributed by atoms with E-state index in [1.54, 1.807) is 0 Å². The zero-order valence-electron chi connectivity index (χ0n) is 9.46. The van der Waals surface area contributed by atoms with E-state index in [1.165, 1.54) is 0 Å². The first-order valence-corrected chi connectivity index (χ1v) is 5.62. The number of aromatic nitrogens is 2. The minimum absolute atomic E-state index is 0.372. The van der Waals surface area contributed by atoms with Gasteiger partial charge >= 0.3 is 0 Å². The molecule has 0 aliphatic heterocycles. The molecule has 0 saturated carbocycles. The Morgan fingerprint density at radius 1 is 1.40 bits per heavy atom. The van der Waals surface area contributed by atoms with Gasteiger partial charge in [-0.05, 0) is 18.9 Å². The quantitative estimate of drug-likeness (QED) is 0.574. The monoisotopic (exact) mass is 228 g/mol. The molecule has 3 nitrogen and oxygen atoms in total. The Kier molecular flexibility index (Phi) is 4.99. The zero-order chi connectivity index (χ0) is 11.3. The van der Waals surface area contributed by atoms with Crippen molar-refractivity contribution in [3.8, 4) is 0 Å². The van der Waals surface area contributed by atoms with Crippen molar-refractivity contribution in [2.45, 2.75) is 33.1 Å². The predicted octanol–water partition coefficient (Wildman–Crippen LogP) is 2.83. The minimum atomic E-state index is 0.372. The molecule has 0 fully saturated rings. The maximum Gasteiger partial charge on any atom is 0.133 e. The normalized spacial score (nSPS) is 11.0. The van der Waals surface area contributed by atoms with E-state index in [0.29, 0.717) is 24.1 Å². The summed E-state index contributed by atoms with van der Waals surface area (Å²) in [5.74, 6) is 1.14. The Labute approximate surface area is 95.8 Å². The Hall–Kier alpha value is -0.670. The molecule has 1 aromatic heterocycles. The number of hydrogen-bond donors (Lipinski definition) is 0. The third kappa shape index (κ3) is 4.14. The second-order valence-electron chi connectivity index (χ2n) is 3.63. The van der Waals surface area contributed by atoms with Crippen LogP contribution in [0.2, 0.25) is 5.15 Å². The molecule has 0 unspecified atom stereocenters. The highest BCUT2D eigenvalue weighted by molar-refractivity contribution is 6.29. The van der Waals surface area contributed by atoms with Crippen LogP contribution in [0.25, 0.3) is 0 Å². The van der Waals surface area contributed by atoms with E-state index in [-0.39, 0.29) is 0 Å². The van der Waals surface area contributed by atoms with Crippen molar-refractivity contribution in [3.05, 3.63) is 22.7 Å². The van der Waals surface area contributed by atoms with Gasteiger partial charge in [-0.25, -0.2) is 9.97 Å². The van der Waals surface area contributed by atoms with Gasteiger partial charge in [0, 0.05) is 18.7 Å². The van der Waals surface area contributed by atoms with E-state index in [2.05, 4.69) is 23.8 Å². The largest absolute Gasteiger partial charge is 0.381 e. The SMILES string of the molecule is CCOCCc1nc(Cl)cc(C(C)C)n1. The number of halogens is 1.